The summed E-state index contributed by atoms with van der Waals surface area (Å²) >= 11 is 6.05. The van der Waals surface area contributed by atoms with Crippen LogP contribution >= 0.6 is 11.6 Å². The molecule has 2 rings (SSSR count). The number of hydrogen-bond donors (Lipinski definition) is 1. The van der Waals surface area contributed by atoms with E-state index in [1.54, 1.807) is 6.20 Å². The molecular weight excluding hydrogens is 258 g/mol. The van der Waals surface area contributed by atoms with Crippen molar-refractivity contribution in [3.8, 4) is 0 Å². The van der Waals surface area contributed by atoms with Crippen molar-refractivity contribution in [1.29, 1.82) is 0 Å². The first-order valence-electron chi connectivity index (χ1n) is 6.71. The Morgan fingerprint density at radius 1 is 1.42 bits per heavy atom. The molecule has 0 unspecified atom stereocenters. The summed E-state index contributed by atoms with van der Waals surface area (Å²) in [5, 5.41) is 0.647. The van der Waals surface area contributed by atoms with E-state index in [0.29, 0.717) is 11.6 Å². The van der Waals surface area contributed by atoms with Crippen LogP contribution in [0.25, 0.3) is 0 Å². The molecule has 0 bridgehead atoms. The van der Waals surface area contributed by atoms with Gasteiger partial charge in [0.05, 0.1) is 5.02 Å². The molecule has 2 N–H and O–H groups in total. The lowest BCUT2D eigenvalue weighted by molar-refractivity contribution is 0.472. The van der Waals surface area contributed by atoms with Gasteiger partial charge < -0.3 is 10.6 Å². The lowest BCUT2D eigenvalue weighted by Gasteiger charge is -2.33. The van der Waals surface area contributed by atoms with Crippen LogP contribution in [0.5, 0.6) is 0 Å². The lowest BCUT2D eigenvalue weighted by Crippen LogP contribution is -2.31. The van der Waals surface area contributed by atoms with Crippen LogP contribution in [-0.4, -0.2) is 18.1 Å². The molecule has 0 spiro atoms. The highest BCUT2D eigenvalue weighted by Crippen LogP contribution is 2.31. The number of halogens is 1. The molecule has 1 aliphatic rings. The molecule has 1 aliphatic heterocycles. The standard InChI is InChI=1S/C15H22ClN3/c1-15(2,3)12-4-6-19(7-5-12)14-8-11(9-17)13(16)10-18-14/h4,8,10H,5-7,9,17H2,1-3H3. The van der Waals surface area contributed by atoms with E-state index in [1.165, 1.54) is 5.57 Å². The van der Waals surface area contributed by atoms with E-state index in [9.17, 15) is 0 Å². The summed E-state index contributed by atoms with van der Waals surface area (Å²) < 4.78 is 0. The summed E-state index contributed by atoms with van der Waals surface area (Å²) in [5.74, 6) is 0.967. The first kappa shape index (κ1) is 14.4. The van der Waals surface area contributed by atoms with Crippen LogP contribution in [0, 0.1) is 5.41 Å². The minimum atomic E-state index is 0.266. The van der Waals surface area contributed by atoms with Crippen molar-refractivity contribution < 1.29 is 0 Å². The van der Waals surface area contributed by atoms with E-state index < -0.39 is 0 Å². The SMILES string of the molecule is CC(C)(C)C1=CCN(c2cc(CN)c(Cl)cn2)CC1. The van der Waals surface area contributed by atoms with E-state index >= 15 is 0 Å². The highest BCUT2D eigenvalue weighted by Gasteiger charge is 2.22. The van der Waals surface area contributed by atoms with Crippen molar-refractivity contribution in [2.24, 2.45) is 11.1 Å². The highest BCUT2D eigenvalue weighted by atomic mass is 35.5. The van der Waals surface area contributed by atoms with Crippen LogP contribution in [0.1, 0.15) is 32.8 Å². The Balaban J connectivity index is 2.16. The number of pyridine rings is 1. The number of hydrogen-bond acceptors (Lipinski definition) is 3. The van der Waals surface area contributed by atoms with E-state index in [4.69, 9.17) is 17.3 Å². The van der Waals surface area contributed by atoms with Crippen LogP contribution in [0.15, 0.2) is 23.9 Å². The summed E-state index contributed by atoms with van der Waals surface area (Å²) in [6.45, 7) is 9.16. The third kappa shape index (κ3) is 3.28. The zero-order valence-corrected chi connectivity index (χ0v) is 12.7. The van der Waals surface area contributed by atoms with Crippen molar-refractivity contribution in [2.45, 2.75) is 33.7 Å². The molecule has 0 saturated heterocycles. The fourth-order valence-corrected chi connectivity index (χ4v) is 2.54. The second-order valence-corrected chi connectivity index (χ2v) is 6.42. The van der Waals surface area contributed by atoms with Gasteiger partial charge in [-0.3, -0.25) is 0 Å². The predicted molar refractivity (Wildman–Crippen MR) is 81.5 cm³/mol. The highest BCUT2D eigenvalue weighted by molar-refractivity contribution is 6.31. The summed E-state index contributed by atoms with van der Waals surface area (Å²) in [6.07, 6.45) is 5.11. The van der Waals surface area contributed by atoms with Gasteiger partial charge in [0, 0.05) is 25.8 Å². The van der Waals surface area contributed by atoms with Gasteiger partial charge >= 0.3 is 0 Å². The van der Waals surface area contributed by atoms with Gasteiger partial charge in [-0.1, -0.05) is 44.0 Å². The Bertz CT molecular complexity index is 489. The summed E-state index contributed by atoms with van der Waals surface area (Å²) in [6, 6.07) is 2.00. The minimum Gasteiger partial charge on any atom is -0.353 e. The molecule has 0 fully saturated rings. The van der Waals surface area contributed by atoms with Gasteiger partial charge in [0.25, 0.3) is 0 Å². The van der Waals surface area contributed by atoms with E-state index in [0.717, 1.165) is 30.9 Å². The number of rotatable bonds is 2. The zero-order valence-electron chi connectivity index (χ0n) is 11.9. The van der Waals surface area contributed by atoms with Gasteiger partial charge in [0.15, 0.2) is 0 Å². The van der Waals surface area contributed by atoms with Gasteiger partial charge in [-0.25, -0.2) is 4.98 Å². The molecule has 0 amide bonds. The summed E-state index contributed by atoms with van der Waals surface area (Å²) in [4.78, 5) is 6.68. The molecular formula is C15H22ClN3. The number of aromatic nitrogens is 1. The average Bonchev–Trinajstić information content (AvgIpc) is 2.38. The maximum atomic E-state index is 6.05. The van der Waals surface area contributed by atoms with Crippen molar-refractivity contribution in [3.05, 3.63) is 34.5 Å². The van der Waals surface area contributed by atoms with Crippen molar-refractivity contribution in [2.75, 3.05) is 18.0 Å². The Morgan fingerprint density at radius 3 is 2.68 bits per heavy atom. The van der Waals surface area contributed by atoms with Gasteiger partial charge in [-0.2, -0.15) is 0 Å². The molecule has 0 atom stereocenters. The van der Waals surface area contributed by atoms with Crippen molar-refractivity contribution in [3.63, 3.8) is 0 Å². The van der Waals surface area contributed by atoms with Crippen LogP contribution in [-0.2, 0) is 6.54 Å². The molecule has 0 radical (unpaired) electrons. The lowest BCUT2D eigenvalue weighted by atomic mass is 9.83. The van der Waals surface area contributed by atoms with Crippen molar-refractivity contribution in [1.82, 2.24) is 4.98 Å². The number of anilines is 1. The monoisotopic (exact) mass is 279 g/mol. The normalized spacial score (nSPS) is 16.5. The van der Waals surface area contributed by atoms with Gasteiger partial charge in [0.2, 0.25) is 0 Å². The molecule has 0 aliphatic carbocycles. The maximum Gasteiger partial charge on any atom is 0.129 e. The molecule has 1 aromatic heterocycles. The van der Waals surface area contributed by atoms with Gasteiger partial charge in [-0.05, 0) is 23.5 Å². The van der Waals surface area contributed by atoms with Crippen LogP contribution < -0.4 is 10.6 Å². The third-order valence-corrected chi connectivity index (χ3v) is 3.98. The van der Waals surface area contributed by atoms with Crippen LogP contribution in [0.4, 0.5) is 5.82 Å². The average molecular weight is 280 g/mol. The van der Waals surface area contributed by atoms with Crippen LogP contribution in [0.2, 0.25) is 5.02 Å². The Morgan fingerprint density at radius 2 is 2.16 bits per heavy atom. The van der Waals surface area contributed by atoms with E-state index in [1.807, 2.05) is 6.07 Å². The zero-order chi connectivity index (χ0) is 14.0. The molecule has 3 nitrogen and oxygen atoms in total. The minimum absolute atomic E-state index is 0.266. The quantitative estimate of drug-likeness (QED) is 0.844. The second kappa shape index (κ2) is 5.51. The van der Waals surface area contributed by atoms with Crippen molar-refractivity contribution >= 4 is 17.4 Å². The molecule has 0 saturated carbocycles. The largest absolute Gasteiger partial charge is 0.353 e. The second-order valence-electron chi connectivity index (χ2n) is 6.01. The molecule has 1 aromatic rings. The third-order valence-electron chi connectivity index (χ3n) is 3.64. The van der Waals surface area contributed by atoms with Gasteiger partial charge in [0.1, 0.15) is 5.82 Å². The summed E-state index contributed by atoms with van der Waals surface area (Å²) in [5.41, 5.74) is 8.43. The number of nitrogens with two attached hydrogens (primary N) is 1. The molecule has 2 heterocycles. The maximum absolute atomic E-state index is 6.05. The van der Waals surface area contributed by atoms with E-state index in [2.05, 4.69) is 36.7 Å². The number of nitrogens with zero attached hydrogens (tertiary/aromatic N) is 2. The molecule has 104 valence electrons. The first-order chi connectivity index (χ1) is 8.91. The Labute approximate surface area is 120 Å². The fourth-order valence-electron chi connectivity index (χ4n) is 2.36. The topological polar surface area (TPSA) is 42.1 Å². The Hall–Kier alpha value is -1.06. The van der Waals surface area contributed by atoms with Gasteiger partial charge in [-0.15, -0.1) is 0 Å². The molecule has 19 heavy (non-hydrogen) atoms. The fraction of sp³-hybridized carbons (Fsp3) is 0.533. The van der Waals surface area contributed by atoms with Crippen LogP contribution in [0.3, 0.4) is 0 Å². The smallest absolute Gasteiger partial charge is 0.129 e. The first-order valence-corrected chi connectivity index (χ1v) is 7.08. The predicted octanol–water partition coefficient (Wildman–Crippen LogP) is 3.38. The molecule has 4 heteroatoms. The summed E-state index contributed by atoms with van der Waals surface area (Å²) in [7, 11) is 0. The molecule has 0 aromatic carbocycles. The Kier molecular flexibility index (Phi) is 4.16. The van der Waals surface area contributed by atoms with E-state index in [-0.39, 0.29) is 5.41 Å².